The molecule has 4 atom stereocenters. The number of primary amides is 1. The average Bonchev–Trinajstić information content (AvgIpc) is 3.63. The number of aliphatic carboxylic acids is 4. The number of hydrogen-bond donors (Lipinski definition) is 8. The van der Waals surface area contributed by atoms with Crippen LogP contribution in [-0.2, 0) is 57.4 Å². The third kappa shape index (κ3) is 28.1. The van der Waals surface area contributed by atoms with Gasteiger partial charge in [-0.15, -0.1) is 0 Å². The number of unbranched alkanes of at least 4 members (excludes halogenated alkanes) is 4. The maximum atomic E-state index is 12.0. The van der Waals surface area contributed by atoms with Crippen LogP contribution in [0.25, 0.3) is 0 Å². The van der Waals surface area contributed by atoms with Gasteiger partial charge in [-0.05, 0) is 77.2 Å². The van der Waals surface area contributed by atoms with Crippen LogP contribution in [0.2, 0.25) is 0 Å². The highest BCUT2D eigenvalue weighted by Crippen LogP contribution is 2.29. The largest absolute Gasteiger partial charge is 0.483 e. The van der Waals surface area contributed by atoms with E-state index in [1.807, 2.05) is 9.80 Å². The number of nitrogens with one attached hydrogen (secondary N) is 2. The first-order valence-corrected chi connectivity index (χ1v) is 25.8. The minimum atomic E-state index is -1.14. The molecule has 2 fully saturated rings. The second kappa shape index (κ2) is 38.6. The summed E-state index contributed by atoms with van der Waals surface area (Å²) in [6, 6.07) is -0.690. The van der Waals surface area contributed by atoms with E-state index in [0.29, 0.717) is 129 Å². The van der Waals surface area contributed by atoms with Gasteiger partial charge in [0.2, 0.25) is 5.91 Å². The van der Waals surface area contributed by atoms with E-state index in [1.165, 1.54) is 6.40 Å². The molecule has 2 saturated heterocycles. The second-order valence-corrected chi connectivity index (χ2v) is 19.2. The Hall–Kier alpha value is -4.94. The van der Waals surface area contributed by atoms with Crippen LogP contribution in [0.4, 0.5) is 0 Å². The average molecular weight is 1070 g/mol. The molecule has 27 nitrogen and oxygen atoms in total. The first-order valence-electron chi connectivity index (χ1n) is 25.8. The molecule has 0 aromatic heterocycles. The summed E-state index contributed by atoms with van der Waals surface area (Å²) in [5.41, 5.74) is 9.12. The first kappa shape index (κ1) is 66.2. The molecule has 2 heterocycles. The van der Waals surface area contributed by atoms with Gasteiger partial charge in [-0.1, -0.05) is 6.42 Å². The molecule has 75 heavy (non-hydrogen) atoms. The zero-order valence-corrected chi connectivity index (χ0v) is 43.6. The first-order chi connectivity index (χ1) is 36.0. The summed E-state index contributed by atoms with van der Waals surface area (Å²) in [5.74, 6) is -4.89. The SMILES string of the molecule is NC(=O)[C@@H](N)CCCCNCO[C@H](CCCCN=COCCCCC1(N(CC=O)CC(=O)O)CN(CC=O)CCN(CC(=O)O)C1)NCOCCCCC1(N(CC=O)CC(=O)O)CN(CC=O)CCN(CC(=O)O)C1. The smallest absolute Gasteiger partial charge is 0.317 e. The number of carboxylic acid groups (broad SMARTS) is 4. The Labute approximate surface area is 439 Å². The minimum absolute atomic E-state index is 0.0747. The summed E-state index contributed by atoms with van der Waals surface area (Å²) in [5, 5.41) is 45.2. The van der Waals surface area contributed by atoms with Crippen LogP contribution in [0.3, 0.4) is 0 Å². The number of amides is 1. The van der Waals surface area contributed by atoms with Crippen LogP contribution >= 0.6 is 0 Å². The summed E-state index contributed by atoms with van der Waals surface area (Å²) < 4.78 is 17.7. The van der Waals surface area contributed by atoms with E-state index in [1.54, 1.807) is 19.6 Å². The number of aliphatic imine (C=N–C) groups is 1. The van der Waals surface area contributed by atoms with Gasteiger partial charge >= 0.3 is 23.9 Å². The number of aldehydes is 4. The van der Waals surface area contributed by atoms with Crippen molar-refractivity contribution in [3.05, 3.63) is 0 Å². The molecule has 428 valence electrons. The fourth-order valence-corrected chi connectivity index (χ4v) is 9.66. The van der Waals surface area contributed by atoms with Gasteiger partial charge in [-0.3, -0.25) is 69.0 Å². The summed E-state index contributed by atoms with van der Waals surface area (Å²) >= 11 is 0. The van der Waals surface area contributed by atoms with Crippen LogP contribution in [0.1, 0.15) is 77.0 Å². The number of carbonyl (C=O) groups is 9. The normalized spacial score (nSPS) is 20.1. The maximum absolute atomic E-state index is 12.0. The Morgan fingerprint density at radius 1 is 0.627 bits per heavy atom. The second-order valence-electron chi connectivity index (χ2n) is 19.2. The molecule has 2 aliphatic rings. The monoisotopic (exact) mass is 1070 g/mol. The number of carboxylic acids is 4. The maximum Gasteiger partial charge on any atom is 0.317 e. The molecule has 0 aromatic rings. The zero-order valence-electron chi connectivity index (χ0n) is 43.6. The van der Waals surface area contributed by atoms with E-state index < -0.39 is 66.2 Å². The fraction of sp³-hybridized carbons (Fsp3) is 0.792. The van der Waals surface area contributed by atoms with E-state index in [0.717, 1.165) is 25.4 Å². The highest BCUT2D eigenvalue weighted by molar-refractivity contribution is 5.79. The van der Waals surface area contributed by atoms with Crippen molar-refractivity contribution < 1.29 is 77.8 Å². The van der Waals surface area contributed by atoms with E-state index in [9.17, 15) is 63.6 Å². The van der Waals surface area contributed by atoms with Gasteiger partial charge < -0.3 is 65.3 Å². The quantitative estimate of drug-likeness (QED) is 0.0102. The highest BCUT2D eigenvalue weighted by atomic mass is 16.5. The predicted octanol–water partition coefficient (Wildman–Crippen LogP) is -2.57. The van der Waals surface area contributed by atoms with Gasteiger partial charge in [0.05, 0.1) is 78.5 Å². The lowest BCUT2D eigenvalue weighted by Crippen LogP contribution is -2.61. The van der Waals surface area contributed by atoms with Crippen LogP contribution in [0.15, 0.2) is 4.99 Å². The van der Waals surface area contributed by atoms with Crippen molar-refractivity contribution in [3.63, 3.8) is 0 Å². The van der Waals surface area contributed by atoms with Crippen LogP contribution in [0, 0.1) is 0 Å². The minimum Gasteiger partial charge on any atom is -0.483 e. The third-order valence-electron chi connectivity index (χ3n) is 13.3. The van der Waals surface area contributed by atoms with Crippen LogP contribution < -0.4 is 22.1 Å². The molecule has 0 radical (unpaired) electrons. The van der Waals surface area contributed by atoms with Crippen molar-refractivity contribution >= 4 is 61.3 Å². The molecule has 2 aliphatic heterocycles. The molecule has 2 rings (SSSR count). The van der Waals surface area contributed by atoms with Gasteiger partial charge in [0.1, 0.15) is 31.4 Å². The number of hydrogen-bond acceptors (Lipinski definition) is 22. The standard InChI is InChI=1S/C48H85N11O16/c49-40(46(50)72)9-1-5-14-52-38-75-41(53-39-74-28-8-4-12-48(59(22-26-63)32-45(70)71)34-55(20-24-61)16-18-57(36-48)30-43(66)67)10-2-6-13-51-37-73-27-7-3-11-47(58(21-25-62)31-44(68)69)33-54(19-23-60)15-17-56(35-47)29-42(64)65/h23-26,37,40-41,52-53H,1-22,27-36,38-39,49H2,(H2,50,72)(H,64,65)(H,66,67)(H,68,69)(H,70,71)/t40-,41+,47?,48?/m0/s1. The van der Waals surface area contributed by atoms with E-state index in [2.05, 4.69) is 15.6 Å². The topological polar surface area (TPSA) is 370 Å². The van der Waals surface area contributed by atoms with Gasteiger partial charge in [0, 0.05) is 76.6 Å². The number of nitrogens with two attached hydrogens (primary N) is 2. The van der Waals surface area contributed by atoms with Crippen molar-refractivity contribution in [3.8, 4) is 0 Å². The van der Waals surface area contributed by atoms with Crippen LogP contribution in [0.5, 0.6) is 0 Å². The summed E-state index contributed by atoms with van der Waals surface area (Å²) in [6.07, 6.45) is 10.8. The van der Waals surface area contributed by atoms with Crippen molar-refractivity contribution in [2.24, 2.45) is 16.5 Å². The van der Waals surface area contributed by atoms with Crippen LogP contribution in [-0.4, -0.2) is 279 Å². The molecule has 1 amide bonds. The van der Waals surface area contributed by atoms with E-state index >= 15 is 0 Å². The summed E-state index contributed by atoms with van der Waals surface area (Å²) in [4.78, 5) is 120. The molecule has 10 N–H and O–H groups in total. The van der Waals surface area contributed by atoms with Crippen molar-refractivity contribution in [1.29, 1.82) is 0 Å². The molecule has 0 aromatic carbocycles. The van der Waals surface area contributed by atoms with E-state index in [4.69, 9.17) is 25.7 Å². The van der Waals surface area contributed by atoms with E-state index in [-0.39, 0.29) is 78.9 Å². The zero-order chi connectivity index (χ0) is 55.3. The number of ether oxygens (including phenoxy) is 3. The molecule has 27 heteroatoms. The number of rotatable bonds is 46. The van der Waals surface area contributed by atoms with Gasteiger partial charge in [0.25, 0.3) is 0 Å². The molecular weight excluding hydrogens is 987 g/mol. The van der Waals surface area contributed by atoms with Gasteiger partial charge in [-0.25, -0.2) is 0 Å². The Morgan fingerprint density at radius 3 is 1.63 bits per heavy atom. The van der Waals surface area contributed by atoms with Crippen molar-refractivity contribution in [2.45, 2.75) is 100 Å². The highest BCUT2D eigenvalue weighted by Gasteiger charge is 2.44. The molecular formula is C48H85N11O16. The Morgan fingerprint density at radius 2 is 1.13 bits per heavy atom. The lowest BCUT2D eigenvalue weighted by molar-refractivity contribution is -0.143. The predicted molar refractivity (Wildman–Crippen MR) is 273 cm³/mol. The van der Waals surface area contributed by atoms with Crippen molar-refractivity contribution in [2.75, 3.05) is 144 Å². The molecule has 0 saturated carbocycles. The number of carbonyl (C=O) groups excluding carboxylic acids is 5. The Bertz CT molecular complexity index is 1760. The lowest BCUT2D eigenvalue weighted by atomic mass is 9.88. The van der Waals surface area contributed by atoms with Gasteiger partial charge in [0.15, 0.2) is 6.40 Å². The van der Waals surface area contributed by atoms with Gasteiger partial charge in [-0.2, -0.15) is 0 Å². The van der Waals surface area contributed by atoms with Crippen molar-refractivity contribution in [1.82, 2.24) is 40.0 Å². The lowest BCUT2D eigenvalue weighted by Gasteiger charge is -2.45. The third-order valence-corrected chi connectivity index (χ3v) is 13.3. The number of nitrogens with zero attached hydrogens (tertiary/aromatic N) is 7. The molecule has 2 unspecified atom stereocenters. The Balaban J connectivity index is 1.96. The summed E-state index contributed by atoms with van der Waals surface area (Å²) in [6.45, 7) is 2.94. The molecule has 0 bridgehead atoms. The molecule has 0 spiro atoms. The Kier molecular flexibility index (Phi) is 34.0. The summed E-state index contributed by atoms with van der Waals surface area (Å²) in [7, 11) is 0. The molecule has 0 aliphatic carbocycles. The fourth-order valence-electron chi connectivity index (χ4n) is 9.66.